The van der Waals surface area contributed by atoms with Crippen molar-refractivity contribution in [3.63, 3.8) is 0 Å². The highest BCUT2D eigenvalue weighted by Gasteiger charge is 2.24. The van der Waals surface area contributed by atoms with Gasteiger partial charge in [-0.2, -0.15) is 0 Å². The van der Waals surface area contributed by atoms with E-state index in [1.54, 1.807) is 20.9 Å². The van der Waals surface area contributed by atoms with E-state index in [0.717, 1.165) is 0 Å². The number of hydrogen-bond donors (Lipinski definition) is 3. The molecule has 0 unspecified atom stereocenters. The fourth-order valence-corrected chi connectivity index (χ4v) is 1.09. The highest BCUT2D eigenvalue weighted by atomic mass is 16.4. The summed E-state index contributed by atoms with van der Waals surface area (Å²) in [6.45, 7) is 3.65. The van der Waals surface area contributed by atoms with Gasteiger partial charge in [0.25, 0.3) is 0 Å². The lowest BCUT2D eigenvalue weighted by atomic mass is 10.1. The topological polar surface area (TPSA) is 91.6 Å². The van der Waals surface area contributed by atoms with Gasteiger partial charge in [-0.15, -0.1) is 0 Å². The first-order valence-electron chi connectivity index (χ1n) is 5.16. The van der Waals surface area contributed by atoms with Gasteiger partial charge >= 0.3 is 5.97 Å². The predicted molar refractivity (Wildman–Crippen MR) is 60.7 cm³/mol. The van der Waals surface area contributed by atoms with Gasteiger partial charge < -0.3 is 20.2 Å². The fraction of sp³-hybridized carbons (Fsp3) is 0.455. The van der Waals surface area contributed by atoms with Crippen molar-refractivity contribution in [2.45, 2.75) is 25.9 Å². The Morgan fingerprint density at radius 2 is 2.06 bits per heavy atom. The zero-order valence-corrected chi connectivity index (χ0v) is 10.0. The first-order chi connectivity index (χ1) is 7.86. The molecule has 94 valence electrons. The van der Waals surface area contributed by atoms with Crippen LogP contribution in [0.25, 0.3) is 0 Å². The number of furan rings is 1. The van der Waals surface area contributed by atoms with Gasteiger partial charge in [0.1, 0.15) is 5.76 Å². The molecule has 1 aromatic heterocycles. The van der Waals surface area contributed by atoms with Gasteiger partial charge in [-0.3, -0.25) is 4.79 Å². The number of amides is 1. The second kappa shape index (κ2) is 5.01. The highest BCUT2D eigenvalue weighted by molar-refractivity contribution is 5.85. The Morgan fingerprint density at radius 1 is 1.41 bits per heavy atom. The van der Waals surface area contributed by atoms with Gasteiger partial charge in [0.2, 0.25) is 11.7 Å². The molecule has 1 heterocycles. The summed E-state index contributed by atoms with van der Waals surface area (Å²) < 4.78 is 5.01. The maximum Gasteiger partial charge on any atom is 0.371 e. The monoisotopic (exact) mass is 240 g/mol. The van der Waals surface area contributed by atoms with Crippen LogP contribution in [0.15, 0.2) is 16.5 Å². The number of carbonyl (C=O) groups excluding carboxylic acids is 1. The standard InChI is InChI=1S/C11H16N2O4/c1-11(2,12-3)10(16)13-6-7-4-5-8(17-7)9(14)15/h4-5,12H,6H2,1-3H3,(H,13,16)(H,14,15). The summed E-state index contributed by atoms with van der Waals surface area (Å²) >= 11 is 0. The number of nitrogens with one attached hydrogen (secondary N) is 2. The molecule has 6 heteroatoms. The highest BCUT2D eigenvalue weighted by Crippen LogP contribution is 2.08. The molecule has 1 amide bonds. The molecule has 0 fully saturated rings. The average molecular weight is 240 g/mol. The first kappa shape index (κ1) is 13.2. The van der Waals surface area contributed by atoms with Gasteiger partial charge in [-0.25, -0.2) is 4.79 Å². The Kier molecular flexibility index (Phi) is 3.90. The van der Waals surface area contributed by atoms with Crippen molar-refractivity contribution in [2.24, 2.45) is 0 Å². The minimum absolute atomic E-state index is 0.137. The molecule has 3 N–H and O–H groups in total. The van der Waals surface area contributed by atoms with E-state index in [2.05, 4.69) is 10.6 Å². The van der Waals surface area contributed by atoms with E-state index in [1.807, 2.05) is 0 Å². The minimum atomic E-state index is -1.13. The van der Waals surface area contributed by atoms with Crippen LogP contribution in [-0.4, -0.2) is 29.6 Å². The molecule has 0 radical (unpaired) electrons. The Bertz CT molecular complexity index is 423. The third-order valence-corrected chi connectivity index (χ3v) is 2.49. The van der Waals surface area contributed by atoms with Gasteiger partial charge in [-0.1, -0.05) is 0 Å². The molecule has 6 nitrogen and oxygen atoms in total. The third-order valence-electron chi connectivity index (χ3n) is 2.49. The van der Waals surface area contributed by atoms with Crippen LogP contribution >= 0.6 is 0 Å². The number of rotatable bonds is 5. The van der Waals surface area contributed by atoms with E-state index >= 15 is 0 Å². The lowest BCUT2D eigenvalue weighted by molar-refractivity contribution is -0.126. The van der Waals surface area contributed by atoms with Crippen LogP contribution in [0, 0.1) is 0 Å². The van der Waals surface area contributed by atoms with Crippen molar-refractivity contribution in [3.05, 3.63) is 23.7 Å². The van der Waals surface area contributed by atoms with Crippen LogP contribution in [0.2, 0.25) is 0 Å². The zero-order valence-electron chi connectivity index (χ0n) is 10.0. The molecule has 0 saturated carbocycles. The maximum absolute atomic E-state index is 11.7. The molecule has 0 aliphatic heterocycles. The first-order valence-corrected chi connectivity index (χ1v) is 5.16. The van der Waals surface area contributed by atoms with Crippen LogP contribution in [0.3, 0.4) is 0 Å². The van der Waals surface area contributed by atoms with Crippen molar-refractivity contribution in [1.29, 1.82) is 0 Å². The Labute approximate surface area is 99.0 Å². The summed E-state index contributed by atoms with van der Waals surface area (Å²) in [6, 6.07) is 2.88. The molecule has 17 heavy (non-hydrogen) atoms. The van der Waals surface area contributed by atoms with Crippen molar-refractivity contribution in [3.8, 4) is 0 Å². The second-order valence-electron chi connectivity index (χ2n) is 4.13. The molecule has 1 aromatic rings. The van der Waals surface area contributed by atoms with E-state index in [-0.39, 0.29) is 18.2 Å². The molecule has 0 aliphatic carbocycles. The Balaban J connectivity index is 2.56. The zero-order chi connectivity index (χ0) is 13.1. The van der Waals surface area contributed by atoms with Crippen LogP contribution in [0.4, 0.5) is 0 Å². The molecular formula is C11H16N2O4. The van der Waals surface area contributed by atoms with Crippen LogP contribution < -0.4 is 10.6 Å². The normalized spacial score (nSPS) is 11.2. The van der Waals surface area contributed by atoms with Crippen molar-refractivity contribution >= 4 is 11.9 Å². The van der Waals surface area contributed by atoms with Gasteiger partial charge in [-0.05, 0) is 33.0 Å². The van der Waals surface area contributed by atoms with E-state index in [4.69, 9.17) is 9.52 Å². The van der Waals surface area contributed by atoms with Gasteiger partial charge in [0.15, 0.2) is 0 Å². The molecule has 0 spiro atoms. The van der Waals surface area contributed by atoms with Gasteiger partial charge in [0, 0.05) is 0 Å². The Morgan fingerprint density at radius 3 is 2.53 bits per heavy atom. The number of carboxylic acid groups (broad SMARTS) is 1. The number of carbonyl (C=O) groups is 2. The molecule has 0 aromatic carbocycles. The summed E-state index contributed by atoms with van der Waals surface area (Å²) in [5.74, 6) is -1.05. The summed E-state index contributed by atoms with van der Waals surface area (Å²) in [5, 5.41) is 14.2. The fourth-order valence-electron chi connectivity index (χ4n) is 1.09. The lowest BCUT2D eigenvalue weighted by Gasteiger charge is -2.22. The smallest absolute Gasteiger partial charge is 0.371 e. The largest absolute Gasteiger partial charge is 0.475 e. The van der Waals surface area contributed by atoms with Crippen LogP contribution in [0.5, 0.6) is 0 Å². The molecular weight excluding hydrogens is 224 g/mol. The summed E-state index contributed by atoms with van der Waals surface area (Å²) in [5.41, 5.74) is -0.678. The quantitative estimate of drug-likeness (QED) is 0.700. The van der Waals surface area contributed by atoms with Gasteiger partial charge in [0.05, 0.1) is 12.1 Å². The number of carboxylic acids is 1. The average Bonchev–Trinajstić information content (AvgIpc) is 2.74. The van der Waals surface area contributed by atoms with E-state index in [9.17, 15) is 9.59 Å². The summed E-state index contributed by atoms with van der Waals surface area (Å²) in [7, 11) is 1.69. The van der Waals surface area contributed by atoms with Crippen molar-refractivity contribution in [2.75, 3.05) is 7.05 Å². The lowest BCUT2D eigenvalue weighted by Crippen LogP contribution is -2.50. The number of likely N-dealkylation sites (N-methyl/N-ethyl adjacent to an activating group) is 1. The molecule has 1 rings (SSSR count). The van der Waals surface area contributed by atoms with Crippen LogP contribution in [0.1, 0.15) is 30.2 Å². The minimum Gasteiger partial charge on any atom is -0.475 e. The molecule has 0 aliphatic rings. The van der Waals surface area contributed by atoms with E-state index in [1.165, 1.54) is 12.1 Å². The van der Waals surface area contributed by atoms with Crippen molar-refractivity contribution < 1.29 is 19.1 Å². The van der Waals surface area contributed by atoms with Crippen LogP contribution in [-0.2, 0) is 11.3 Å². The van der Waals surface area contributed by atoms with E-state index in [0.29, 0.717) is 5.76 Å². The van der Waals surface area contributed by atoms with Crippen molar-refractivity contribution in [1.82, 2.24) is 10.6 Å². The summed E-state index contributed by atoms with van der Waals surface area (Å²) in [4.78, 5) is 22.2. The maximum atomic E-state index is 11.7. The summed E-state index contributed by atoms with van der Waals surface area (Å²) in [6.07, 6.45) is 0. The Hall–Kier alpha value is -1.82. The number of hydrogen-bond acceptors (Lipinski definition) is 4. The van der Waals surface area contributed by atoms with E-state index < -0.39 is 11.5 Å². The SMILES string of the molecule is CNC(C)(C)C(=O)NCc1ccc(C(=O)O)o1. The third kappa shape index (κ3) is 3.32. The molecule has 0 atom stereocenters. The number of aromatic carboxylic acids is 1. The predicted octanol–water partition coefficient (Wildman–Crippen LogP) is 0.592. The molecule has 0 saturated heterocycles. The second-order valence-corrected chi connectivity index (χ2v) is 4.13. The molecule has 0 bridgehead atoms.